The minimum Gasteiger partial charge on any atom is -0.495 e. The van der Waals surface area contributed by atoms with Gasteiger partial charge in [0.25, 0.3) is 0 Å². The molecule has 0 radical (unpaired) electrons. The van der Waals surface area contributed by atoms with Crippen molar-refractivity contribution in [3.05, 3.63) is 47.0 Å². The van der Waals surface area contributed by atoms with Crippen LogP contribution in [0.5, 0.6) is 11.5 Å². The molecule has 1 atom stereocenters. The van der Waals surface area contributed by atoms with Crippen LogP contribution in [-0.2, 0) is 11.2 Å². The molecule has 1 unspecified atom stereocenters. The normalized spacial score (nSPS) is 15.9. The number of benzene rings is 2. The topological polar surface area (TPSA) is 47.6 Å². The zero-order chi connectivity index (χ0) is 16.4. The summed E-state index contributed by atoms with van der Waals surface area (Å²) in [6, 6.07) is 11.4. The fourth-order valence-electron chi connectivity index (χ4n) is 2.50. The number of hydrogen-bond acceptors (Lipinski definition) is 4. The highest BCUT2D eigenvalue weighted by molar-refractivity contribution is 8.01. The van der Waals surface area contributed by atoms with Crippen molar-refractivity contribution in [3.63, 3.8) is 0 Å². The number of carbonyl (C=O) groups is 1. The monoisotopic (exact) mass is 349 g/mol. The highest BCUT2D eigenvalue weighted by Crippen LogP contribution is 2.39. The molecular weight excluding hydrogens is 334 g/mol. The molecule has 4 nitrogen and oxygen atoms in total. The Kier molecular flexibility index (Phi) is 4.68. The van der Waals surface area contributed by atoms with Crippen LogP contribution in [0.2, 0.25) is 5.02 Å². The van der Waals surface area contributed by atoms with E-state index in [0.717, 1.165) is 11.3 Å². The zero-order valence-corrected chi connectivity index (χ0v) is 14.3. The molecule has 0 spiro atoms. The summed E-state index contributed by atoms with van der Waals surface area (Å²) in [7, 11) is 3.07. The summed E-state index contributed by atoms with van der Waals surface area (Å²) >= 11 is 7.66. The first-order chi connectivity index (χ1) is 11.1. The van der Waals surface area contributed by atoms with Gasteiger partial charge in [-0.3, -0.25) is 4.79 Å². The van der Waals surface area contributed by atoms with Gasteiger partial charge in [-0.1, -0.05) is 29.8 Å². The van der Waals surface area contributed by atoms with E-state index in [0.29, 0.717) is 22.2 Å². The van der Waals surface area contributed by atoms with Crippen molar-refractivity contribution in [1.29, 1.82) is 0 Å². The second-order valence-corrected chi connectivity index (χ2v) is 6.75. The molecule has 0 saturated carbocycles. The Morgan fingerprint density at radius 3 is 2.65 bits per heavy atom. The summed E-state index contributed by atoms with van der Waals surface area (Å²) in [5, 5.41) is 3.20. The Morgan fingerprint density at radius 2 is 1.96 bits per heavy atom. The Morgan fingerprint density at radius 1 is 1.22 bits per heavy atom. The Balaban J connectivity index is 1.79. The van der Waals surface area contributed by atoms with Crippen LogP contribution in [-0.4, -0.2) is 25.4 Å². The Bertz CT molecular complexity index is 726. The zero-order valence-electron chi connectivity index (χ0n) is 12.8. The maximum atomic E-state index is 12.6. The van der Waals surface area contributed by atoms with E-state index in [1.54, 1.807) is 23.9 Å². The van der Waals surface area contributed by atoms with Crippen molar-refractivity contribution in [2.75, 3.05) is 19.5 Å². The first-order valence-electron chi connectivity index (χ1n) is 7.09. The smallest absolute Gasteiger partial charge is 0.238 e. The molecule has 2 aromatic rings. The second kappa shape index (κ2) is 6.72. The van der Waals surface area contributed by atoms with Crippen LogP contribution in [0, 0.1) is 0 Å². The quantitative estimate of drug-likeness (QED) is 0.905. The molecule has 0 aliphatic carbocycles. The molecule has 0 aromatic heterocycles. The number of nitrogens with one attached hydrogen (secondary N) is 1. The number of carbonyl (C=O) groups excluding carboxylic acids is 1. The van der Waals surface area contributed by atoms with Crippen LogP contribution < -0.4 is 14.8 Å². The fourth-order valence-corrected chi connectivity index (χ4v) is 3.93. The van der Waals surface area contributed by atoms with E-state index < -0.39 is 0 Å². The van der Waals surface area contributed by atoms with E-state index >= 15 is 0 Å². The van der Waals surface area contributed by atoms with Crippen molar-refractivity contribution in [2.45, 2.75) is 16.6 Å². The number of thioether (sulfide) groups is 1. The van der Waals surface area contributed by atoms with Crippen LogP contribution in [0.1, 0.15) is 5.56 Å². The van der Waals surface area contributed by atoms with Crippen LogP contribution in [0.15, 0.2) is 41.3 Å². The molecule has 120 valence electrons. The average molecular weight is 350 g/mol. The van der Waals surface area contributed by atoms with Gasteiger partial charge in [-0.25, -0.2) is 0 Å². The van der Waals surface area contributed by atoms with Gasteiger partial charge in [-0.2, -0.15) is 0 Å². The second-order valence-electron chi connectivity index (χ2n) is 5.09. The lowest BCUT2D eigenvalue weighted by Gasteiger charge is -2.15. The van der Waals surface area contributed by atoms with Crippen molar-refractivity contribution in [1.82, 2.24) is 0 Å². The highest BCUT2D eigenvalue weighted by Gasteiger charge is 2.28. The molecule has 0 saturated heterocycles. The summed E-state index contributed by atoms with van der Waals surface area (Å²) in [5.41, 5.74) is 1.76. The predicted octanol–water partition coefficient (Wildman–Crippen LogP) is 4.01. The molecule has 23 heavy (non-hydrogen) atoms. The largest absolute Gasteiger partial charge is 0.495 e. The standard InChI is InChI=1S/C17H16ClNO3S/c1-21-13-9-12(14(22-2)8-11(13)18)19-17(20)16-7-10-5-3-4-6-15(10)23-16/h3-6,8-9,16H,7H2,1-2H3,(H,19,20). The lowest BCUT2D eigenvalue weighted by Crippen LogP contribution is -2.24. The number of fused-ring (bicyclic) bond motifs is 1. The number of anilines is 1. The van der Waals surface area contributed by atoms with E-state index in [2.05, 4.69) is 11.4 Å². The molecular formula is C17H16ClNO3S. The van der Waals surface area contributed by atoms with Crippen molar-refractivity contribution >= 4 is 35.0 Å². The molecule has 6 heteroatoms. The van der Waals surface area contributed by atoms with Gasteiger partial charge in [-0.05, 0) is 18.1 Å². The molecule has 1 aliphatic rings. The van der Waals surface area contributed by atoms with Crippen LogP contribution in [0.3, 0.4) is 0 Å². The van der Waals surface area contributed by atoms with Gasteiger partial charge in [0.05, 0.1) is 30.2 Å². The first-order valence-corrected chi connectivity index (χ1v) is 8.35. The molecule has 0 fully saturated rings. The van der Waals surface area contributed by atoms with E-state index in [4.69, 9.17) is 21.1 Å². The van der Waals surface area contributed by atoms with E-state index in [1.807, 2.05) is 18.2 Å². The van der Waals surface area contributed by atoms with Crippen molar-refractivity contribution < 1.29 is 14.3 Å². The molecule has 0 bridgehead atoms. The molecule has 1 heterocycles. The number of ether oxygens (including phenoxy) is 2. The summed E-state index contributed by atoms with van der Waals surface area (Å²) in [6.45, 7) is 0. The van der Waals surface area contributed by atoms with Gasteiger partial charge in [0.2, 0.25) is 5.91 Å². The van der Waals surface area contributed by atoms with E-state index in [1.165, 1.54) is 19.8 Å². The predicted molar refractivity (Wildman–Crippen MR) is 93.0 cm³/mol. The molecule has 1 amide bonds. The Labute approximate surface area is 144 Å². The summed E-state index contributed by atoms with van der Waals surface area (Å²) in [6.07, 6.45) is 0.722. The van der Waals surface area contributed by atoms with Crippen molar-refractivity contribution in [2.24, 2.45) is 0 Å². The third-order valence-corrected chi connectivity index (χ3v) is 5.28. The van der Waals surface area contributed by atoms with Crippen LogP contribution >= 0.6 is 23.4 Å². The van der Waals surface area contributed by atoms with Crippen molar-refractivity contribution in [3.8, 4) is 11.5 Å². The maximum Gasteiger partial charge on any atom is 0.238 e. The summed E-state index contributed by atoms with van der Waals surface area (Å²) < 4.78 is 10.5. The highest BCUT2D eigenvalue weighted by atomic mass is 35.5. The van der Waals surface area contributed by atoms with Gasteiger partial charge in [-0.15, -0.1) is 11.8 Å². The summed E-state index contributed by atoms with van der Waals surface area (Å²) in [5.74, 6) is 0.934. The van der Waals surface area contributed by atoms with E-state index in [9.17, 15) is 4.79 Å². The molecule has 1 N–H and O–H groups in total. The SMILES string of the molecule is COc1cc(NC(=O)C2Cc3ccccc3S2)c(OC)cc1Cl. The van der Waals surface area contributed by atoms with Crippen LogP contribution in [0.25, 0.3) is 0 Å². The van der Waals surface area contributed by atoms with Gasteiger partial charge in [0, 0.05) is 17.0 Å². The van der Waals surface area contributed by atoms with Gasteiger partial charge < -0.3 is 14.8 Å². The first kappa shape index (κ1) is 16.0. The minimum absolute atomic E-state index is 0.0612. The Hall–Kier alpha value is -1.85. The van der Waals surface area contributed by atoms with Gasteiger partial charge >= 0.3 is 0 Å². The molecule has 3 rings (SSSR count). The maximum absolute atomic E-state index is 12.6. The number of halogens is 1. The summed E-state index contributed by atoms with van der Waals surface area (Å²) in [4.78, 5) is 13.7. The van der Waals surface area contributed by atoms with E-state index in [-0.39, 0.29) is 11.2 Å². The third kappa shape index (κ3) is 3.26. The number of amides is 1. The number of rotatable bonds is 4. The van der Waals surface area contributed by atoms with Gasteiger partial charge in [0.15, 0.2) is 0 Å². The lowest BCUT2D eigenvalue weighted by molar-refractivity contribution is -0.115. The minimum atomic E-state index is -0.154. The molecule has 1 aliphatic heterocycles. The number of methoxy groups -OCH3 is 2. The lowest BCUT2D eigenvalue weighted by atomic mass is 10.1. The van der Waals surface area contributed by atoms with Gasteiger partial charge in [0.1, 0.15) is 11.5 Å². The average Bonchev–Trinajstić information content (AvgIpc) is 3.00. The van der Waals surface area contributed by atoms with Crippen LogP contribution in [0.4, 0.5) is 5.69 Å². The third-order valence-electron chi connectivity index (χ3n) is 3.67. The molecule has 2 aromatic carbocycles. The number of hydrogen-bond donors (Lipinski definition) is 1. The fraction of sp³-hybridized carbons (Fsp3) is 0.235.